The average molecular weight is 445 g/mol. The van der Waals surface area contributed by atoms with Crippen LogP contribution in [0.15, 0.2) is 83.9 Å². The number of halogens is 2. The van der Waals surface area contributed by atoms with E-state index in [-0.39, 0.29) is 11.8 Å². The molecule has 2 amide bonds. The van der Waals surface area contributed by atoms with Gasteiger partial charge in [0, 0.05) is 33.3 Å². The molecule has 4 nitrogen and oxygen atoms in total. The highest BCUT2D eigenvalue weighted by atomic mass is 35.5. The minimum absolute atomic E-state index is 0.335. The zero-order chi connectivity index (χ0) is 21.5. The van der Waals surface area contributed by atoms with E-state index in [2.05, 4.69) is 4.99 Å². The molecule has 1 aliphatic heterocycles. The first-order valence-corrected chi connectivity index (χ1v) is 10.3. The van der Waals surface area contributed by atoms with Crippen molar-refractivity contribution < 1.29 is 9.59 Å². The van der Waals surface area contributed by atoms with E-state index in [0.29, 0.717) is 37.9 Å². The summed E-state index contributed by atoms with van der Waals surface area (Å²) in [5.74, 6) is -0.669. The summed E-state index contributed by atoms with van der Waals surface area (Å²) in [6.07, 6.45) is 1.64. The van der Waals surface area contributed by atoms with Crippen molar-refractivity contribution in [1.82, 2.24) is 0 Å². The number of anilines is 1. The van der Waals surface area contributed by atoms with Crippen LogP contribution in [0.5, 0.6) is 0 Å². The lowest BCUT2D eigenvalue weighted by molar-refractivity contribution is 0.0893. The van der Waals surface area contributed by atoms with Crippen LogP contribution in [0.4, 0.5) is 11.4 Å². The number of imide groups is 1. The van der Waals surface area contributed by atoms with Gasteiger partial charge in [0.2, 0.25) is 0 Å². The fourth-order valence-corrected chi connectivity index (χ4v) is 4.16. The third-order valence-corrected chi connectivity index (χ3v) is 5.76. The maximum absolute atomic E-state index is 13.1. The van der Waals surface area contributed by atoms with Gasteiger partial charge in [0.25, 0.3) is 11.8 Å². The van der Waals surface area contributed by atoms with Crippen LogP contribution in [-0.4, -0.2) is 18.0 Å². The van der Waals surface area contributed by atoms with Gasteiger partial charge < -0.3 is 0 Å². The van der Waals surface area contributed by atoms with Crippen molar-refractivity contribution in [3.63, 3.8) is 0 Å². The first-order valence-electron chi connectivity index (χ1n) is 9.52. The number of rotatable bonds is 3. The van der Waals surface area contributed by atoms with Crippen molar-refractivity contribution in [3.8, 4) is 0 Å². The third-order valence-electron chi connectivity index (χ3n) is 5.19. The molecule has 0 aromatic heterocycles. The molecule has 0 unspecified atom stereocenters. The van der Waals surface area contributed by atoms with E-state index in [1.165, 1.54) is 4.90 Å². The van der Waals surface area contributed by atoms with Gasteiger partial charge in [0.15, 0.2) is 0 Å². The molecular weight excluding hydrogens is 431 g/mol. The Morgan fingerprint density at radius 2 is 1.42 bits per heavy atom. The molecule has 0 fully saturated rings. The standard InChI is InChI=1S/C25H14Cl2N2O2/c26-17-8-7-16(22(27)13-17)14-28-18-9-11-19(12-10-18)29-24(30)20-5-1-3-15-4-2-6-21(23(15)20)25(29)31/h1-14H. The number of carbonyl (C=O) groups is 2. The molecule has 4 aromatic carbocycles. The molecule has 0 saturated carbocycles. The number of hydrogen-bond donors (Lipinski definition) is 0. The molecule has 0 spiro atoms. The Morgan fingerprint density at radius 1 is 0.774 bits per heavy atom. The summed E-state index contributed by atoms with van der Waals surface area (Å²) in [5.41, 5.74) is 2.93. The summed E-state index contributed by atoms with van der Waals surface area (Å²) >= 11 is 12.1. The summed E-state index contributed by atoms with van der Waals surface area (Å²) in [7, 11) is 0. The van der Waals surface area contributed by atoms with Crippen molar-refractivity contribution in [2.75, 3.05) is 4.90 Å². The van der Waals surface area contributed by atoms with Gasteiger partial charge in [-0.3, -0.25) is 14.6 Å². The van der Waals surface area contributed by atoms with E-state index in [0.717, 1.165) is 10.9 Å². The van der Waals surface area contributed by atoms with Crippen LogP contribution in [-0.2, 0) is 0 Å². The first-order chi connectivity index (χ1) is 15.0. The summed E-state index contributed by atoms with van der Waals surface area (Å²) in [6.45, 7) is 0. The minimum atomic E-state index is -0.335. The number of amides is 2. The van der Waals surface area contributed by atoms with Crippen molar-refractivity contribution in [2.24, 2.45) is 4.99 Å². The smallest absolute Gasteiger partial charge is 0.265 e. The Kier molecular flexibility index (Phi) is 4.81. The summed E-state index contributed by atoms with van der Waals surface area (Å²) in [4.78, 5) is 31.9. The Balaban J connectivity index is 1.47. The molecule has 4 aromatic rings. The van der Waals surface area contributed by atoms with Crippen LogP contribution >= 0.6 is 23.2 Å². The van der Waals surface area contributed by atoms with Gasteiger partial charge in [0.1, 0.15) is 0 Å². The molecule has 0 aliphatic carbocycles. The van der Waals surface area contributed by atoms with Gasteiger partial charge in [-0.25, -0.2) is 4.90 Å². The minimum Gasteiger partial charge on any atom is -0.268 e. The summed E-state index contributed by atoms with van der Waals surface area (Å²) < 4.78 is 0. The Labute approximate surface area is 188 Å². The van der Waals surface area contributed by atoms with Crippen LogP contribution in [0.1, 0.15) is 26.3 Å². The molecule has 0 N–H and O–H groups in total. The second-order valence-electron chi connectivity index (χ2n) is 7.10. The van der Waals surface area contributed by atoms with Crippen LogP contribution in [0.2, 0.25) is 10.0 Å². The molecular formula is C25H14Cl2N2O2. The lowest BCUT2D eigenvalue weighted by Gasteiger charge is -2.27. The lowest BCUT2D eigenvalue weighted by Crippen LogP contribution is -2.40. The second kappa shape index (κ2) is 7.65. The maximum Gasteiger partial charge on any atom is 0.265 e. The zero-order valence-corrected chi connectivity index (χ0v) is 17.6. The van der Waals surface area contributed by atoms with E-state index in [9.17, 15) is 9.59 Å². The molecule has 31 heavy (non-hydrogen) atoms. The predicted molar refractivity (Wildman–Crippen MR) is 125 cm³/mol. The lowest BCUT2D eigenvalue weighted by atomic mass is 9.94. The fourth-order valence-electron chi connectivity index (χ4n) is 3.70. The fraction of sp³-hybridized carbons (Fsp3) is 0. The second-order valence-corrected chi connectivity index (χ2v) is 7.94. The molecule has 1 aliphatic rings. The van der Waals surface area contributed by atoms with Crippen LogP contribution < -0.4 is 4.90 Å². The summed E-state index contributed by atoms with van der Waals surface area (Å²) in [6, 6.07) is 23.0. The van der Waals surface area contributed by atoms with Gasteiger partial charge in [0.05, 0.1) is 16.4 Å². The molecule has 1 heterocycles. The molecule has 0 bridgehead atoms. The highest BCUT2D eigenvalue weighted by molar-refractivity contribution is 6.36. The summed E-state index contributed by atoms with van der Waals surface area (Å²) in [5, 5.41) is 2.64. The maximum atomic E-state index is 13.1. The monoisotopic (exact) mass is 444 g/mol. The largest absolute Gasteiger partial charge is 0.268 e. The zero-order valence-electron chi connectivity index (χ0n) is 16.0. The van der Waals surface area contributed by atoms with Gasteiger partial charge in [-0.15, -0.1) is 0 Å². The van der Waals surface area contributed by atoms with E-state index in [1.807, 2.05) is 24.3 Å². The average Bonchev–Trinajstić information content (AvgIpc) is 2.78. The number of hydrogen-bond acceptors (Lipinski definition) is 3. The molecule has 0 atom stereocenters. The van der Waals surface area contributed by atoms with Crippen molar-refractivity contribution in [2.45, 2.75) is 0 Å². The SMILES string of the molecule is O=C1c2cccc3cccc(c23)C(=O)N1c1ccc(N=Cc2ccc(Cl)cc2Cl)cc1. The quantitative estimate of drug-likeness (QED) is 0.260. The van der Waals surface area contributed by atoms with Crippen LogP contribution in [0, 0.1) is 0 Å². The van der Waals surface area contributed by atoms with Crippen molar-refractivity contribution in [3.05, 3.63) is 106 Å². The van der Waals surface area contributed by atoms with Crippen molar-refractivity contribution in [1.29, 1.82) is 0 Å². The number of carbonyl (C=O) groups excluding carboxylic acids is 2. The highest BCUT2D eigenvalue weighted by Crippen LogP contribution is 2.33. The molecule has 150 valence electrons. The van der Waals surface area contributed by atoms with Gasteiger partial charge in [-0.2, -0.15) is 0 Å². The highest BCUT2D eigenvalue weighted by Gasteiger charge is 2.33. The Hall–Kier alpha value is -3.47. The van der Waals surface area contributed by atoms with Crippen molar-refractivity contribution >= 4 is 63.4 Å². The van der Waals surface area contributed by atoms with Crippen LogP contribution in [0.25, 0.3) is 10.8 Å². The predicted octanol–water partition coefficient (Wildman–Crippen LogP) is 6.70. The Bertz CT molecular complexity index is 1340. The molecule has 0 saturated heterocycles. The topological polar surface area (TPSA) is 49.7 Å². The van der Waals surface area contributed by atoms with E-state index in [1.54, 1.807) is 60.8 Å². The van der Waals surface area contributed by atoms with Gasteiger partial charge in [-0.1, -0.05) is 53.5 Å². The Morgan fingerprint density at radius 3 is 2.03 bits per heavy atom. The number of benzene rings is 4. The first kappa shape index (κ1) is 19.5. The van der Waals surface area contributed by atoms with E-state index < -0.39 is 0 Å². The van der Waals surface area contributed by atoms with Gasteiger partial charge >= 0.3 is 0 Å². The number of nitrogens with zero attached hydrogens (tertiary/aromatic N) is 2. The van der Waals surface area contributed by atoms with Crippen LogP contribution in [0.3, 0.4) is 0 Å². The molecule has 5 rings (SSSR count). The van der Waals surface area contributed by atoms with Gasteiger partial charge in [-0.05, 0) is 53.9 Å². The number of aliphatic imine (C=N–C) groups is 1. The van der Waals surface area contributed by atoms with E-state index in [4.69, 9.17) is 23.2 Å². The third kappa shape index (κ3) is 3.40. The normalized spacial score (nSPS) is 13.4. The molecule has 6 heteroatoms. The molecule has 0 radical (unpaired) electrons. The van der Waals surface area contributed by atoms with E-state index >= 15 is 0 Å².